The van der Waals surface area contributed by atoms with Crippen molar-refractivity contribution in [3.8, 4) is 22.4 Å². The summed E-state index contributed by atoms with van der Waals surface area (Å²) in [6.07, 6.45) is 1.98. The Balaban J connectivity index is 2.18. The van der Waals surface area contributed by atoms with Gasteiger partial charge in [-0.05, 0) is 24.0 Å². The van der Waals surface area contributed by atoms with Crippen molar-refractivity contribution in [1.82, 2.24) is 10.2 Å². The van der Waals surface area contributed by atoms with Crippen molar-refractivity contribution in [2.24, 2.45) is 0 Å². The van der Waals surface area contributed by atoms with E-state index in [0.717, 1.165) is 27.4 Å². The number of nitrogens with one attached hydrogen (secondary N) is 1. The molecule has 0 aliphatic heterocycles. The first-order chi connectivity index (χ1) is 9.79. The van der Waals surface area contributed by atoms with Crippen LogP contribution < -0.4 is 0 Å². The predicted octanol–water partition coefficient (Wildman–Crippen LogP) is 4.60. The lowest BCUT2D eigenvalue weighted by atomic mass is 10.0. The van der Waals surface area contributed by atoms with E-state index in [2.05, 4.69) is 10.2 Å². The Morgan fingerprint density at radius 2 is 1.65 bits per heavy atom. The third-order valence-electron chi connectivity index (χ3n) is 3.12. The Morgan fingerprint density at radius 3 is 2.30 bits per heavy atom. The van der Waals surface area contributed by atoms with E-state index in [0.29, 0.717) is 0 Å². The van der Waals surface area contributed by atoms with Gasteiger partial charge in [-0.1, -0.05) is 42.5 Å². The molecule has 1 N–H and O–H groups in total. The molecule has 0 aliphatic rings. The van der Waals surface area contributed by atoms with E-state index in [1.807, 2.05) is 36.6 Å². The van der Waals surface area contributed by atoms with E-state index in [1.165, 1.54) is 12.1 Å². The minimum atomic E-state index is -0.232. The number of thioether (sulfide) groups is 1. The second kappa shape index (κ2) is 5.51. The van der Waals surface area contributed by atoms with Crippen molar-refractivity contribution in [3.63, 3.8) is 0 Å². The van der Waals surface area contributed by atoms with E-state index in [-0.39, 0.29) is 5.82 Å². The lowest BCUT2D eigenvalue weighted by Gasteiger charge is -2.05. The largest absolute Gasteiger partial charge is 0.276 e. The molecule has 20 heavy (non-hydrogen) atoms. The smallest absolute Gasteiger partial charge is 0.126 e. The quantitative estimate of drug-likeness (QED) is 0.712. The maximum absolute atomic E-state index is 13.1. The minimum Gasteiger partial charge on any atom is -0.276 e. The van der Waals surface area contributed by atoms with Crippen LogP contribution in [0.2, 0.25) is 0 Å². The zero-order valence-electron chi connectivity index (χ0n) is 10.9. The standard InChI is InChI=1S/C16H13FN2S/c1-20-16-14(11-7-9-13(17)10-8-11)15(18-19-16)12-5-3-2-4-6-12/h2-10H,1H3,(H,18,19). The van der Waals surface area contributed by atoms with Gasteiger partial charge < -0.3 is 0 Å². The average Bonchev–Trinajstić information content (AvgIpc) is 2.93. The summed E-state index contributed by atoms with van der Waals surface area (Å²) in [6.45, 7) is 0. The Morgan fingerprint density at radius 1 is 0.950 bits per heavy atom. The van der Waals surface area contributed by atoms with Crippen LogP contribution in [-0.4, -0.2) is 16.5 Å². The number of hydrogen-bond donors (Lipinski definition) is 1. The van der Waals surface area contributed by atoms with Crippen molar-refractivity contribution < 1.29 is 4.39 Å². The first-order valence-electron chi connectivity index (χ1n) is 6.23. The van der Waals surface area contributed by atoms with Gasteiger partial charge in [0, 0.05) is 11.1 Å². The molecule has 0 bridgehead atoms. The van der Waals surface area contributed by atoms with Gasteiger partial charge in [0.15, 0.2) is 0 Å². The van der Waals surface area contributed by atoms with Crippen LogP contribution in [0.5, 0.6) is 0 Å². The van der Waals surface area contributed by atoms with Crippen molar-refractivity contribution in [1.29, 1.82) is 0 Å². The molecule has 0 amide bonds. The maximum Gasteiger partial charge on any atom is 0.126 e. The molecule has 0 unspecified atom stereocenters. The van der Waals surface area contributed by atoms with E-state index in [1.54, 1.807) is 23.9 Å². The van der Waals surface area contributed by atoms with Gasteiger partial charge in [0.2, 0.25) is 0 Å². The van der Waals surface area contributed by atoms with Gasteiger partial charge >= 0.3 is 0 Å². The zero-order chi connectivity index (χ0) is 13.9. The first kappa shape index (κ1) is 12.9. The van der Waals surface area contributed by atoms with Crippen LogP contribution in [0.15, 0.2) is 59.6 Å². The van der Waals surface area contributed by atoms with E-state index < -0.39 is 0 Å². The van der Waals surface area contributed by atoms with Crippen molar-refractivity contribution in [2.45, 2.75) is 5.03 Å². The van der Waals surface area contributed by atoms with Gasteiger partial charge in [-0.2, -0.15) is 5.10 Å². The van der Waals surface area contributed by atoms with Gasteiger partial charge in [-0.3, -0.25) is 5.10 Å². The number of aromatic nitrogens is 2. The molecule has 4 heteroatoms. The molecule has 1 aromatic heterocycles. The third-order valence-corrected chi connectivity index (χ3v) is 3.80. The molecule has 0 saturated heterocycles. The van der Waals surface area contributed by atoms with Crippen LogP contribution in [0, 0.1) is 5.82 Å². The molecule has 0 fully saturated rings. The molecule has 0 radical (unpaired) electrons. The van der Waals surface area contributed by atoms with Crippen LogP contribution >= 0.6 is 11.8 Å². The second-order valence-corrected chi connectivity index (χ2v) is 5.15. The minimum absolute atomic E-state index is 0.232. The van der Waals surface area contributed by atoms with Crippen LogP contribution in [0.1, 0.15) is 0 Å². The fraction of sp³-hybridized carbons (Fsp3) is 0.0625. The van der Waals surface area contributed by atoms with Crippen molar-refractivity contribution in [2.75, 3.05) is 6.26 Å². The number of aromatic amines is 1. The van der Waals surface area contributed by atoms with Crippen LogP contribution in [0.25, 0.3) is 22.4 Å². The average molecular weight is 284 g/mol. The fourth-order valence-corrected chi connectivity index (χ4v) is 2.73. The molecule has 100 valence electrons. The van der Waals surface area contributed by atoms with Gasteiger partial charge in [-0.15, -0.1) is 11.8 Å². The maximum atomic E-state index is 13.1. The Bertz CT molecular complexity index is 705. The van der Waals surface area contributed by atoms with E-state index in [9.17, 15) is 4.39 Å². The summed E-state index contributed by atoms with van der Waals surface area (Å²) in [6, 6.07) is 16.5. The molecule has 0 spiro atoms. The van der Waals surface area contributed by atoms with Crippen LogP contribution in [-0.2, 0) is 0 Å². The molecule has 0 saturated carbocycles. The number of H-pyrrole nitrogens is 1. The fourth-order valence-electron chi connectivity index (χ4n) is 2.17. The molecular weight excluding hydrogens is 271 g/mol. The lowest BCUT2D eigenvalue weighted by molar-refractivity contribution is 0.628. The van der Waals surface area contributed by atoms with Crippen molar-refractivity contribution in [3.05, 3.63) is 60.4 Å². The number of rotatable bonds is 3. The molecule has 2 aromatic carbocycles. The van der Waals surface area contributed by atoms with Gasteiger partial charge in [0.05, 0.1) is 5.69 Å². The third kappa shape index (κ3) is 2.34. The zero-order valence-corrected chi connectivity index (χ0v) is 11.7. The summed E-state index contributed by atoms with van der Waals surface area (Å²) in [5.41, 5.74) is 4.01. The summed E-state index contributed by atoms with van der Waals surface area (Å²) in [7, 11) is 0. The lowest BCUT2D eigenvalue weighted by Crippen LogP contribution is -1.84. The second-order valence-electron chi connectivity index (χ2n) is 4.36. The highest BCUT2D eigenvalue weighted by Crippen LogP contribution is 2.36. The van der Waals surface area contributed by atoms with Crippen molar-refractivity contribution >= 4 is 11.8 Å². The van der Waals surface area contributed by atoms with Gasteiger partial charge in [-0.25, -0.2) is 4.39 Å². The predicted molar refractivity (Wildman–Crippen MR) is 81.2 cm³/mol. The van der Waals surface area contributed by atoms with Crippen LogP contribution in [0.3, 0.4) is 0 Å². The SMILES string of the molecule is CSc1n[nH]c(-c2ccccc2)c1-c1ccc(F)cc1. The molecule has 3 aromatic rings. The summed E-state index contributed by atoms with van der Waals surface area (Å²) >= 11 is 1.57. The van der Waals surface area contributed by atoms with Crippen LogP contribution in [0.4, 0.5) is 4.39 Å². The highest BCUT2D eigenvalue weighted by molar-refractivity contribution is 7.98. The number of benzene rings is 2. The highest BCUT2D eigenvalue weighted by Gasteiger charge is 2.15. The highest BCUT2D eigenvalue weighted by atomic mass is 32.2. The first-order valence-corrected chi connectivity index (χ1v) is 7.46. The molecular formula is C16H13FN2S. The Hall–Kier alpha value is -2.07. The number of hydrogen-bond acceptors (Lipinski definition) is 2. The van der Waals surface area contributed by atoms with E-state index in [4.69, 9.17) is 0 Å². The number of nitrogens with zero attached hydrogens (tertiary/aromatic N) is 1. The molecule has 0 atom stereocenters. The Kier molecular flexibility index (Phi) is 3.56. The Labute approximate surface area is 121 Å². The van der Waals surface area contributed by atoms with Gasteiger partial charge in [0.25, 0.3) is 0 Å². The topological polar surface area (TPSA) is 28.7 Å². The molecule has 0 aliphatic carbocycles. The summed E-state index contributed by atoms with van der Waals surface area (Å²) < 4.78 is 13.1. The summed E-state index contributed by atoms with van der Waals surface area (Å²) in [5, 5.41) is 8.36. The monoisotopic (exact) mass is 284 g/mol. The summed E-state index contributed by atoms with van der Waals surface area (Å²) in [5.74, 6) is -0.232. The normalized spacial score (nSPS) is 10.7. The molecule has 3 rings (SSSR count). The molecule has 1 heterocycles. The molecule has 2 nitrogen and oxygen atoms in total. The van der Waals surface area contributed by atoms with E-state index >= 15 is 0 Å². The number of halogens is 1. The summed E-state index contributed by atoms with van der Waals surface area (Å²) in [4.78, 5) is 0. The van der Waals surface area contributed by atoms with Gasteiger partial charge in [0.1, 0.15) is 10.8 Å².